The molecule has 0 aromatic heterocycles. The Morgan fingerprint density at radius 2 is 1.82 bits per heavy atom. The number of alkyl halides is 3. The quantitative estimate of drug-likeness (QED) is 0.439. The van der Waals surface area contributed by atoms with Crippen molar-refractivity contribution in [3.63, 3.8) is 0 Å². The number of nitrogens with one attached hydrogen (secondary N) is 2. The first-order chi connectivity index (χ1) is 17.7. The molecule has 1 aliphatic carbocycles. The van der Waals surface area contributed by atoms with Crippen molar-refractivity contribution in [2.75, 3.05) is 22.7 Å². The van der Waals surface area contributed by atoms with Crippen LogP contribution in [0, 0.1) is 11.7 Å². The van der Waals surface area contributed by atoms with E-state index in [1.54, 1.807) is 0 Å². The number of carbonyl (C=O) groups is 1. The van der Waals surface area contributed by atoms with Crippen molar-refractivity contribution in [2.45, 2.75) is 62.4 Å². The van der Waals surface area contributed by atoms with Crippen molar-refractivity contribution in [3.8, 4) is 5.75 Å². The topological polar surface area (TPSA) is 97.0 Å². The number of halogens is 4. The van der Waals surface area contributed by atoms with E-state index in [1.165, 1.54) is 18.2 Å². The highest BCUT2D eigenvalue weighted by atomic mass is 32.2. The first-order valence-corrected chi connectivity index (χ1v) is 13.6. The van der Waals surface area contributed by atoms with Crippen molar-refractivity contribution in [1.29, 1.82) is 0 Å². The van der Waals surface area contributed by atoms with Crippen LogP contribution in [0.1, 0.15) is 33.6 Å². The zero-order valence-corrected chi connectivity index (χ0v) is 21.8. The minimum Gasteiger partial charge on any atom is -0.485 e. The third kappa shape index (κ3) is 5.83. The second-order valence-electron chi connectivity index (χ2n) is 9.77. The Morgan fingerprint density at radius 3 is 2.39 bits per heavy atom. The van der Waals surface area contributed by atoms with Crippen LogP contribution >= 0.6 is 0 Å². The molecular weight excluding hydrogens is 530 g/mol. The van der Waals surface area contributed by atoms with Crippen LogP contribution in [0.15, 0.2) is 47.4 Å². The zero-order chi connectivity index (χ0) is 27.9. The number of rotatable bonds is 8. The Bertz CT molecular complexity index is 1280. The van der Waals surface area contributed by atoms with E-state index < -0.39 is 39.8 Å². The van der Waals surface area contributed by atoms with Crippen LogP contribution in [0.2, 0.25) is 0 Å². The van der Waals surface area contributed by atoms with Crippen molar-refractivity contribution in [1.82, 2.24) is 5.32 Å². The standard InChI is InChI=1S/C25H29F4N3O5S/c1-4-30-22(15-5-6-15)21-14-32(38(34,35)18-10-7-16(26)8-11-18)19-13-17(9-12-20(19)36-21)31-23(33)37-24(2,3)25(27,28)29/h7-13,15,21-22,30H,4-6,14H2,1-3H3,(H,31,33). The van der Waals surface area contributed by atoms with Crippen LogP contribution in [-0.4, -0.2) is 51.5 Å². The summed E-state index contributed by atoms with van der Waals surface area (Å²) in [6.45, 7) is 3.94. The van der Waals surface area contributed by atoms with E-state index in [-0.39, 0.29) is 34.6 Å². The largest absolute Gasteiger partial charge is 0.485 e. The van der Waals surface area contributed by atoms with Crippen molar-refractivity contribution < 1.29 is 40.2 Å². The summed E-state index contributed by atoms with van der Waals surface area (Å²) >= 11 is 0. The maximum Gasteiger partial charge on any atom is 0.427 e. The van der Waals surface area contributed by atoms with Gasteiger partial charge < -0.3 is 14.8 Å². The lowest BCUT2D eigenvalue weighted by Crippen LogP contribution is -2.54. The molecule has 2 unspecified atom stereocenters. The number of ether oxygens (including phenoxy) is 2. The summed E-state index contributed by atoms with van der Waals surface area (Å²) in [7, 11) is -4.21. The van der Waals surface area contributed by atoms with E-state index in [2.05, 4.69) is 15.4 Å². The minimum atomic E-state index is -4.80. The van der Waals surface area contributed by atoms with Gasteiger partial charge in [-0.15, -0.1) is 0 Å². The van der Waals surface area contributed by atoms with Gasteiger partial charge in [-0.1, -0.05) is 6.92 Å². The van der Waals surface area contributed by atoms with Crippen molar-refractivity contribution >= 4 is 27.5 Å². The van der Waals surface area contributed by atoms with Crippen molar-refractivity contribution in [2.24, 2.45) is 5.92 Å². The fraction of sp³-hybridized carbons (Fsp3) is 0.480. The molecule has 0 saturated heterocycles. The van der Waals surface area contributed by atoms with Crippen LogP contribution in [0.3, 0.4) is 0 Å². The third-order valence-corrected chi connectivity index (χ3v) is 8.29. The molecule has 1 heterocycles. The smallest absolute Gasteiger partial charge is 0.427 e. The molecule has 1 aliphatic heterocycles. The molecule has 2 aromatic carbocycles. The Labute approximate surface area is 218 Å². The first kappa shape index (κ1) is 28.0. The predicted molar refractivity (Wildman–Crippen MR) is 132 cm³/mol. The van der Waals surface area contributed by atoms with Crippen LogP contribution in [0.5, 0.6) is 5.75 Å². The van der Waals surface area contributed by atoms with Crippen molar-refractivity contribution in [3.05, 3.63) is 48.3 Å². The second-order valence-corrected chi connectivity index (χ2v) is 11.6. The second kappa shape index (κ2) is 10.3. The number of fused-ring (bicyclic) bond motifs is 1. The fourth-order valence-corrected chi connectivity index (χ4v) is 5.71. The molecule has 4 rings (SSSR count). The minimum absolute atomic E-state index is 0.00138. The van der Waals surface area contributed by atoms with Gasteiger partial charge in [-0.05, 0) is 81.6 Å². The lowest BCUT2D eigenvalue weighted by atomic mass is 10.0. The Kier molecular flexibility index (Phi) is 7.54. The van der Waals surface area contributed by atoms with Gasteiger partial charge in [0.25, 0.3) is 10.0 Å². The van der Waals surface area contributed by atoms with E-state index in [0.717, 1.165) is 41.4 Å². The van der Waals surface area contributed by atoms with Crippen LogP contribution < -0.4 is 19.7 Å². The highest BCUT2D eigenvalue weighted by molar-refractivity contribution is 7.92. The number of amides is 1. The number of sulfonamides is 1. The number of benzene rings is 2. The molecule has 2 N–H and O–H groups in total. The summed E-state index contributed by atoms with van der Waals surface area (Å²) < 4.78 is 92.1. The van der Waals surface area contributed by atoms with Gasteiger partial charge in [0.05, 0.1) is 17.1 Å². The van der Waals surface area contributed by atoms with Gasteiger partial charge >= 0.3 is 12.3 Å². The van der Waals surface area contributed by atoms with Crippen LogP contribution in [-0.2, 0) is 14.8 Å². The molecule has 8 nitrogen and oxygen atoms in total. The maximum atomic E-state index is 13.7. The summed E-state index contributed by atoms with van der Waals surface area (Å²) in [5.74, 6) is -0.0634. The lowest BCUT2D eigenvalue weighted by Gasteiger charge is -2.39. The van der Waals surface area contributed by atoms with Gasteiger partial charge in [-0.2, -0.15) is 13.2 Å². The van der Waals surface area contributed by atoms with E-state index >= 15 is 0 Å². The molecule has 208 valence electrons. The van der Waals surface area contributed by atoms with Gasteiger partial charge in [0.2, 0.25) is 5.60 Å². The van der Waals surface area contributed by atoms with Crippen LogP contribution in [0.4, 0.5) is 33.7 Å². The van der Waals surface area contributed by atoms with E-state index in [1.807, 2.05) is 6.92 Å². The molecule has 13 heteroatoms. The number of anilines is 2. The normalized spacial score (nSPS) is 18.8. The SMILES string of the molecule is CCNC(C1CC1)C1CN(S(=O)(=O)c2ccc(F)cc2)c2cc(NC(=O)OC(C)(C)C(F)(F)F)ccc2O1. The lowest BCUT2D eigenvalue weighted by molar-refractivity contribution is -0.242. The first-order valence-electron chi connectivity index (χ1n) is 12.1. The fourth-order valence-electron chi connectivity index (χ4n) is 4.23. The molecule has 1 saturated carbocycles. The monoisotopic (exact) mass is 559 g/mol. The Morgan fingerprint density at radius 1 is 1.16 bits per heavy atom. The van der Waals surface area contributed by atoms with Gasteiger partial charge in [-0.3, -0.25) is 9.62 Å². The Balaban J connectivity index is 1.68. The average Bonchev–Trinajstić information content (AvgIpc) is 3.66. The molecule has 2 aliphatic rings. The van der Waals surface area contributed by atoms with Crippen LogP contribution in [0.25, 0.3) is 0 Å². The highest BCUT2D eigenvalue weighted by Gasteiger charge is 2.51. The molecular formula is C25H29F4N3O5S. The predicted octanol–water partition coefficient (Wildman–Crippen LogP) is 5.06. The summed E-state index contributed by atoms with van der Waals surface area (Å²) in [6, 6.07) is 8.36. The van der Waals surface area contributed by atoms with Gasteiger partial charge in [0.15, 0.2) is 0 Å². The number of hydrogen-bond acceptors (Lipinski definition) is 6. The molecule has 0 spiro atoms. The molecule has 0 bridgehead atoms. The molecule has 1 fully saturated rings. The Hall–Kier alpha value is -3.06. The number of hydrogen-bond donors (Lipinski definition) is 2. The summed E-state index contributed by atoms with van der Waals surface area (Å²) in [4.78, 5) is 12.1. The average molecular weight is 560 g/mol. The number of likely N-dealkylation sites (N-methyl/N-ethyl adjacent to an activating group) is 1. The number of nitrogens with zero attached hydrogens (tertiary/aromatic N) is 1. The summed E-state index contributed by atoms with van der Waals surface area (Å²) in [6.07, 6.45) is -4.74. The zero-order valence-electron chi connectivity index (χ0n) is 21.0. The maximum absolute atomic E-state index is 13.7. The van der Waals surface area contributed by atoms with E-state index in [4.69, 9.17) is 4.74 Å². The van der Waals surface area contributed by atoms with E-state index in [0.29, 0.717) is 26.3 Å². The summed E-state index contributed by atoms with van der Waals surface area (Å²) in [5, 5.41) is 5.60. The summed E-state index contributed by atoms with van der Waals surface area (Å²) in [5.41, 5.74) is -2.67. The molecule has 2 atom stereocenters. The molecule has 2 aromatic rings. The van der Waals surface area contributed by atoms with E-state index in [9.17, 15) is 30.8 Å². The van der Waals surface area contributed by atoms with Gasteiger partial charge in [0.1, 0.15) is 17.7 Å². The molecule has 0 radical (unpaired) electrons. The highest BCUT2D eigenvalue weighted by Crippen LogP contribution is 2.43. The van der Waals surface area contributed by atoms with Gasteiger partial charge in [0, 0.05) is 11.7 Å². The molecule has 38 heavy (non-hydrogen) atoms. The van der Waals surface area contributed by atoms with Gasteiger partial charge in [-0.25, -0.2) is 17.6 Å². The number of carbonyl (C=O) groups excluding carboxylic acids is 1. The third-order valence-electron chi connectivity index (χ3n) is 6.50. The molecule has 1 amide bonds.